The standard InChI is InChI=1S/C6H11O6P.4CH4/c7-5(8)1-3-13(11,12)4-2-6(9)10;;;;/h1-4H2,(H,7,8)(H,9,10)(H,11,12);4*1H4. The molecule has 7 heteroatoms. The van der Waals surface area contributed by atoms with Crippen LogP contribution < -0.4 is 0 Å². The van der Waals surface area contributed by atoms with Crippen LogP contribution in [0.1, 0.15) is 42.5 Å². The normalized spacial score (nSPS) is 8.53. The maximum Gasteiger partial charge on any atom is 0.303 e. The Morgan fingerprint density at radius 2 is 1.06 bits per heavy atom. The minimum absolute atomic E-state index is 0. The van der Waals surface area contributed by atoms with Crippen LogP contribution in [0, 0.1) is 0 Å². The highest BCUT2D eigenvalue weighted by Gasteiger charge is 2.20. The molecule has 0 bridgehead atoms. The van der Waals surface area contributed by atoms with Gasteiger partial charge in [-0.05, 0) is 0 Å². The van der Waals surface area contributed by atoms with Gasteiger partial charge in [-0.1, -0.05) is 29.7 Å². The van der Waals surface area contributed by atoms with Crippen molar-refractivity contribution in [1.29, 1.82) is 0 Å². The monoisotopic (exact) mass is 274 g/mol. The van der Waals surface area contributed by atoms with Gasteiger partial charge in [0.05, 0.1) is 12.8 Å². The van der Waals surface area contributed by atoms with Gasteiger partial charge in [0.1, 0.15) is 0 Å². The predicted molar refractivity (Wildman–Crippen MR) is 71.0 cm³/mol. The number of aliphatic carboxylic acids is 2. The second kappa shape index (κ2) is 13.2. The lowest BCUT2D eigenvalue weighted by molar-refractivity contribution is -0.137. The summed E-state index contributed by atoms with van der Waals surface area (Å²) in [4.78, 5) is 29.1. The van der Waals surface area contributed by atoms with Crippen LogP contribution >= 0.6 is 7.37 Å². The first kappa shape index (κ1) is 29.8. The zero-order chi connectivity index (χ0) is 10.5. The SMILES string of the molecule is C.C.C.C.O=C(O)CCP(=O)(O)CCC(=O)O. The van der Waals surface area contributed by atoms with E-state index in [9.17, 15) is 14.2 Å². The molecule has 0 amide bonds. The molecular weight excluding hydrogens is 247 g/mol. The summed E-state index contributed by atoms with van der Waals surface area (Å²) in [6, 6.07) is 0. The second-order valence-corrected chi connectivity index (χ2v) is 5.17. The van der Waals surface area contributed by atoms with Gasteiger partial charge >= 0.3 is 11.9 Å². The van der Waals surface area contributed by atoms with E-state index in [2.05, 4.69) is 0 Å². The van der Waals surface area contributed by atoms with Crippen LogP contribution in [0.3, 0.4) is 0 Å². The zero-order valence-electron chi connectivity index (χ0n) is 6.84. The third kappa shape index (κ3) is 21.1. The Morgan fingerprint density at radius 1 is 0.824 bits per heavy atom. The molecule has 0 spiro atoms. The Kier molecular flexibility index (Phi) is 23.1. The molecular formula is C10H27O6P. The molecule has 0 aromatic heterocycles. The van der Waals surface area contributed by atoms with Gasteiger partial charge in [0, 0.05) is 12.3 Å². The Labute approximate surface area is 104 Å². The van der Waals surface area contributed by atoms with Gasteiger partial charge in [-0.3, -0.25) is 14.2 Å². The molecule has 6 nitrogen and oxygen atoms in total. The number of rotatable bonds is 6. The maximum atomic E-state index is 11.1. The number of hydrogen-bond acceptors (Lipinski definition) is 3. The first-order chi connectivity index (χ1) is 5.83. The first-order valence-corrected chi connectivity index (χ1v) is 5.61. The van der Waals surface area contributed by atoms with Crippen molar-refractivity contribution in [3.8, 4) is 0 Å². The Hall–Kier alpha value is -0.870. The minimum Gasteiger partial charge on any atom is -0.481 e. The molecule has 17 heavy (non-hydrogen) atoms. The first-order valence-electron chi connectivity index (χ1n) is 3.58. The van der Waals surface area contributed by atoms with Gasteiger partial charge in [-0.2, -0.15) is 0 Å². The van der Waals surface area contributed by atoms with Gasteiger partial charge < -0.3 is 15.1 Å². The third-order valence-electron chi connectivity index (χ3n) is 1.35. The lowest BCUT2D eigenvalue weighted by atomic mass is 10.5. The molecule has 0 aliphatic heterocycles. The maximum absolute atomic E-state index is 11.1. The number of carboxylic acids is 2. The fourth-order valence-corrected chi connectivity index (χ4v) is 1.96. The summed E-state index contributed by atoms with van der Waals surface area (Å²) in [6.45, 7) is 0. The molecule has 0 rings (SSSR count). The van der Waals surface area contributed by atoms with Crippen LogP contribution in [-0.2, 0) is 14.2 Å². The number of carbonyl (C=O) groups is 2. The van der Waals surface area contributed by atoms with E-state index >= 15 is 0 Å². The predicted octanol–water partition coefficient (Wildman–Crippen LogP) is 2.75. The van der Waals surface area contributed by atoms with Crippen molar-refractivity contribution in [3.63, 3.8) is 0 Å². The Balaban J connectivity index is -0.000000120. The molecule has 0 saturated heterocycles. The van der Waals surface area contributed by atoms with Crippen LogP contribution in [0.5, 0.6) is 0 Å². The average Bonchev–Trinajstić information content (AvgIpc) is 1.98. The van der Waals surface area contributed by atoms with Gasteiger partial charge in [-0.15, -0.1) is 0 Å². The molecule has 0 aliphatic rings. The summed E-state index contributed by atoms with van der Waals surface area (Å²) in [7, 11) is -3.56. The highest BCUT2D eigenvalue weighted by atomic mass is 31.2. The van der Waals surface area contributed by atoms with Crippen molar-refractivity contribution in [2.75, 3.05) is 12.3 Å². The van der Waals surface area contributed by atoms with Crippen molar-refractivity contribution in [2.45, 2.75) is 42.5 Å². The molecule has 0 fully saturated rings. The molecule has 0 aromatic carbocycles. The summed E-state index contributed by atoms with van der Waals surface area (Å²) < 4.78 is 11.1. The average molecular weight is 274 g/mol. The Bertz CT molecular complexity index is 229. The van der Waals surface area contributed by atoms with E-state index in [1.54, 1.807) is 0 Å². The van der Waals surface area contributed by atoms with Crippen molar-refractivity contribution in [2.24, 2.45) is 0 Å². The smallest absolute Gasteiger partial charge is 0.303 e. The summed E-state index contributed by atoms with van der Waals surface area (Å²) in [5.41, 5.74) is 0. The van der Waals surface area contributed by atoms with Crippen molar-refractivity contribution in [1.82, 2.24) is 0 Å². The minimum atomic E-state index is -3.56. The number of hydrogen-bond donors (Lipinski definition) is 3. The molecule has 0 heterocycles. The summed E-state index contributed by atoms with van der Waals surface area (Å²) in [5, 5.41) is 16.4. The van der Waals surface area contributed by atoms with E-state index in [4.69, 9.17) is 15.1 Å². The molecule has 3 N–H and O–H groups in total. The van der Waals surface area contributed by atoms with E-state index in [0.29, 0.717) is 0 Å². The topological polar surface area (TPSA) is 112 Å². The highest BCUT2D eigenvalue weighted by molar-refractivity contribution is 7.58. The quantitative estimate of drug-likeness (QED) is 0.642. The molecule has 0 unspecified atom stereocenters. The van der Waals surface area contributed by atoms with E-state index in [1.165, 1.54) is 0 Å². The summed E-state index contributed by atoms with van der Waals surface area (Å²) in [5.74, 6) is -2.32. The molecule has 0 aromatic rings. The highest BCUT2D eigenvalue weighted by Crippen LogP contribution is 2.41. The molecule has 0 saturated carbocycles. The Morgan fingerprint density at radius 3 is 1.24 bits per heavy atom. The summed E-state index contributed by atoms with van der Waals surface area (Å²) in [6.07, 6.45) is -1.55. The molecule has 0 radical (unpaired) electrons. The van der Waals surface area contributed by atoms with Crippen molar-refractivity contribution in [3.05, 3.63) is 0 Å². The zero-order valence-corrected chi connectivity index (χ0v) is 7.74. The van der Waals surface area contributed by atoms with E-state index < -0.39 is 32.1 Å². The second-order valence-electron chi connectivity index (χ2n) is 2.58. The van der Waals surface area contributed by atoms with Crippen LogP contribution in [0.4, 0.5) is 0 Å². The fourth-order valence-electron chi connectivity index (χ4n) is 0.652. The number of carboxylic acid groups (broad SMARTS) is 2. The lowest BCUT2D eigenvalue weighted by Crippen LogP contribution is -2.05. The van der Waals surface area contributed by atoms with Crippen LogP contribution in [0.2, 0.25) is 0 Å². The fraction of sp³-hybridized carbons (Fsp3) is 0.800. The van der Waals surface area contributed by atoms with Crippen LogP contribution in [-0.4, -0.2) is 39.4 Å². The molecule has 108 valence electrons. The lowest BCUT2D eigenvalue weighted by Gasteiger charge is -2.07. The third-order valence-corrected chi connectivity index (χ3v) is 3.19. The van der Waals surface area contributed by atoms with Crippen LogP contribution in [0.15, 0.2) is 0 Å². The largest absolute Gasteiger partial charge is 0.481 e. The van der Waals surface area contributed by atoms with Gasteiger partial charge in [0.15, 0.2) is 0 Å². The summed E-state index contributed by atoms with van der Waals surface area (Å²) >= 11 is 0. The van der Waals surface area contributed by atoms with Gasteiger partial charge in [-0.25, -0.2) is 0 Å². The van der Waals surface area contributed by atoms with E-state index in [0.717, 1.165) is 0 Å². The van der Waals surface area contributed by atoms with Crippen molar-refractivity contribution >= 4 is 19.3 Å². The van der Waals surface area contributed by atoms with Crippen molar-refractivity contribution < 1.29 is 29.3 Å². The van der Waals surface area contributed by atoms with E-state index in [1.807, 2.05) is 0 Å². The molecule has 0 aliphatic carbocycles. The van der Waals surface area contributed by atoms with Crippen LogP contribution in [0.25, 0.3) is 0 Å². The van der Waals surface area contributed by atoms with Gasteiger partial charge in [0.25, 0.3) is 0 Å². The van der Waals surface area contributed by atoms with Gasteiger partial charge in [0.2, 0.25) is 7.37 Å². The molecule has 0 atom stereocenters. The van der Waals surface area contributed by atoms with E-state index in [-0.39, 0.29) is 42.0 Å².